The predicted octanol–water partition coefficient (Wildman–Crippen LogP) is 4.26. The number of aromatic nitrogens is 1. The molecule has 27 heavy (non-hydrogen) atoms. The number of nitrogens with one attached hydrogen (secondary N) is 2. The zero-order chi connectivity index (χ0) is 19.5. The summed E-state index contributed by atoms with van der Waals surface area (Å²) in [5.74, 6) is 2.22. The Morgan fingerprint density at radius 3 is 2.74 bits per heavy atom. The molecule has 2 aromatic rings. The number of hydrogen-bond donors (Lipinski definition) is 2. The molecule has 1 aromatic heterocycles. The summed E-state index contributed by atoms with van der Waals surface area (Å²) >= 11 is 1.74. The van der Waals surface area contributed by atoms with E-state index < -0.39 is 0 Å². The van der Waals surface area contributed by atoms with Crippen LogP contribution in [0.25, 0.3) is 0 Å². The first kappa shape index (κ1) is 21.0. The van der Waals surface area contributed by atoms with Gasteiger partial charge in [0.15, 0.2) is 17.5 Å². The summed E-state index contributed by atoms with van der Waals surface area (Å²) in [6.07, 6.45) is 3.14. The average Bonchev–Trinajstić information content (AvgIpc) is 3.07. The van der Waals surface area contributed by atoms with Gasteiger partial charge < -0.3 is 20.1 Å². The van der Waals surface area contributed by atoms with E-state index in [4.69, 9.17) is 9.47 Å². The van der Waals surface area contributed by atoms with Crippen molar-refractivity contribution in [2.24, 2.45) is 4.99 Å². The van der Waals surface area contributed by atoms with Crippen LogP contribution in [0.1, 0.15) is 37.4 Å². The minimum atomic E-state index is 0.590. The van der Waals surface area contributed by atoms with E-state index in [0.29, 0.717) is 6.61 Å². The summed E-state index contributed by atoms with van der Waals surface area (Å²) in [6, 6.07) is 5.78. The Labute approximate surface area is 166 Å². The smallest absolute Gasteiger partial charge is 0.195 e. The zero-order valence-corrected chi connectivity index (χ0v) is 17.5. The second-order valence-corrected chi connectivity index (χ2v) is 6.97. The number of benzene rings is 1. The summed E-state index contributed by atoms with van der Waals surface area (Å²) in [5, 5.41) is 9.93. The molecule has 0 amide bonds. The molecule has 0 unspecified atom stereocenters. The van der Waals surface area contributed by atoms with Crippen molar-refractivity contribution in [2.45, 2.75) is 40.0 Å². The van der Waals surface area contributed by atoms with Crippen molar-refractivity contribution in [3.8, 4) is 11.5 Å². The molecule has 0 aliphatic rings. The molecule has 7 heteroatoms. The molecule has 2 rings (SSSR count). The molecule has 0 saturated heterocycles. The molecule has 0 spiro atoms. The normalized spacial score (nSPS) is 11.3. The second-order valence-electron chi connectivity index (χ2n) is 6.02. The summed E-state index contributed by atoms with van der Waals surface area (Å²) in [5.41, 5.74) is 2.02. The van der Waals surface area contributed by atoms with Gasteiger partial charge in [-0.15, -0.1) is 11.3 Å². The fourth-order valence-electron chi connectivity index (χ4n) is 2.56. The highest BCUT2D eigenvalue weighted by Gasteiger charge is 2.07. The Kier molecular flexibility index (Phi) is 8.91. The molecule has 0 atom stereocenters. The molecule has 0 aliphatic carbocycles. The van der Waals surface area contributed by atoms with Gasteiger partial charge in [0.25, 0.3) is 0 Å². The number of hydrogen-bond acceptors (Lipinski definition) is 5. The van der Waals surface area contributed by atoms with Crippen LogP contribution >= 0.6 is 11.3 Å². The van der Waals surface area contributed by atoms with Crippen LogP contribution < -0.4 is 20.1 Å². The number of methoxy groups -OCH3 is 1. The maximum absolute atomic E-state index is 5.64. The van der Waals surface area contributed by atoms with Gasteiger partial charge >= 0.3 is 0 Å². The van der Waals surface area contributed by atoms with Gasteiger partial charge in [-0.1, -0.05) is 0 Å². The van der Waals surface area contributed by atoms with Crippen LogP contribution in [0.3, 0.4) is 0 Å². The SMILES string of the molecule is CCNC(=NCCCCc1nc(C)cs1)Nc1ccc(OC)c(OCC)c1. The molecular formula is C20H30N4O2S. The fraction of sp³-hybridized carbons (Fsp3) is 0.500. The van der Waals surface area contributed by atoms with E-state index >= 15 is 0 Å². The lowest BCUT2D eigenvalue weighted by molar-refractivity contribution is 0.311. The van der Waals surface area contributed by atoms with Crippen molar-refractivity contribution in [3.05, 3.63) is 34.3 Å². The third-order valence-electron chi connectivity index (χ3n) is 3.81. The molecule has 0 fully saturated rings. The van der Waals surface area contributed by atoms with Gasteiger partial charge in [-0.3, -0.25) is 4.99 Å². The van der Waals surface area contributed by atoms with E-state index in [1.807, 2.05) is 32.0 Å². The third-order valence-corrected chi connectivity index (χ3v) is 4.83. The van der Waals surface area contributed by atoms with Gasteiger partial charge in [-0.2, -0.15) is 0 Å². The number of rotatable bonds is 10. The van der Waals surface area contributed by atoms with E-state index in [-0.39, 0.29) is 0 Å². The molecule has 6 nitrogen and oxygen atoms in total. The molecule has 0 saturated carbocycles. The van der Waals surface area contributed by atoms with E-state index in [1.165, 1.54) is 5.01 Å². The number of aliphatic imine (C=N–C) groups is 1. The number of guanidine groups is 1. The lowest BCUT2D eigenvalue weighted by Crippen LogP contribution is -2.30. The van der Waals surface area contributed by atoms with E-state index in [2.05, 4.69) is 32.9 Å². The van der Waals surface area contributed by atoms with Gasteiger partial charge in [0.2, 0.25) is 0 Å². The van der Waals surface area contributed by atoms with Crippen LogP contribution in [0.5, 0.6) is 11.5 Å². The minimum absolute atomic E-state index is 0.590. The van der Waals surface area contributed by atoms with Crippen LogP contribution in [0.4, 0.5) is 5.69 Å². The van der Waals surface area contributed by atoms with E-state index in [0.717, 1.165) is 61.2 Å². The first-order valence-corrected chi connectivity index (χ1v) is 10.3. The Balaban J connectivity index is 1.89. The molecule has 1 aromatic carbocycles. The van der Waals surface area contributed by atoms with E-state index in [1.54, 1.807) is 18.4 Å². The van der Waals surface area contributed by atoms with Gasteiger partial charge in [-0.25, -0.2) is 4.98 Å². The van der Waals surface area contributed by atoms with Crippen LogP contribution in [0, 0.1) is 6.92 Å². The Bertz CT molecular complexity index is 731. The highest BCUT2D eigenvalue weighted by molar-refractivity contribution is 7.09. The summed E-state index contributed by atoms with van der Waals surface area (Å²) in [4.78, 5) is 9.17. The van der Waals surface area contributed by atoms with Crippen molar-refractivity contribution in [1.82, 2.24) is 10.3 Å². The quantitative estimate of drug-likeness (QED) is 0.360. The van der Waals surface area contributed by atoms with Crippen molar-refractivity contribution >= 4 is 23.0 Å². The van der Waals surface area contributed by atoms with Crippen LogP contribution in [-0.2, 0) is 6.42 Å². The number of anilines is 1. The number of nitrogens with zero attached hydrogens (tertiary/aromatic N) is 2. The monoisotopic (exact) mass is 390 g/mol. The first-order valence-electron chi connectivity index (χ1n) is 9.43. The van der Waals surface area contributed by atoms with Gasteiger partial charge in [-0.05, 0) is 52.2 Å². The van der Waals surface area contributed by atoms with Crippen molar-refractivity contribution in [3.63, 3.8) is 0 Å². The third kappa shape index (κ3) is 7.09. The maximum atomic E-state index is 5.64. The van der Waals surface area contributed by atoms with E-state index in [9.17, 15) is 0 Å². The fourth-order valence-corrected chi connectivity index (χ4v) is 3.38. The van der Waals surface area contributed by atoms with Gasteiger partial charge in [0.1, 0.15) is 0 Å². The zero-order valence-electron chi connectivity index (χ0n) is 16.7. The molecule has 2 N–H and O–H groups in total. The molecule has 0 aliphatic heterocycles. The lowest BCUT2D eigenvalue weighted by Gasteiger charge is -2.14. The lowest BCUT2D eigenvalue weighted by atomic mass is 10.2. The van der Waals surface area contributed by atoms with Crippen LogP contribution in [0.2, 0.25) is 0 Å². The molecule has 0 radical (unpaired) electrons. The standard InChI is InChI=1S/C20H30N4O2S/c1-5-21-20(22-12-8-7-9-19-23-15(3)14-27-19)24-16-10-11-17(25-4)18(13-16)26-6-2/h10-11,13-14H,5-9,12H2,1-4H3,(H2,21,22,24). The Morgan fingerprint density at radius 1 is 1.22 bits per heavy atom. The van der Waals surface area contributed by atoms with Crippen molar-refractivity contribution < 1.29 is 9.47 Å². The summed E-state index contributed by atoms with van der Waals surface area (Å²) in [6.45, 7) is 8.22. The van der Waals surface area contributed by atoms with Crippen LogP contribution in [-0.4, -0.2) is 37.7 Å². The molecular weight excluding hydrogens is 360 g/mol. The second kappa shape index (κ2) is 11.4. The highest BCUT2D eigenvalue weighted by Crippen LogP contribution is 2.30. The number of aryl methyl sites for hydroxylation is 2. The van der Waals surface area contributed by atoms with Crippen molar-refractivity contribution in [1.29, 1.82) is 0 Å². The maximum Gasteiger partial charge on any atom is 0.195 e. The molecule has 1 heterocycles. The summed E-state index contributed by atoms with van der Waals surface area (Å²) in [7, 11) is 1.64. The van der Waals surface area contributed by atoms with Gasteiger partial charge in [0.05, 0.1) is 18.7 Å². The highest BCUT2D eigenvalue weighted by atomic mass is 32.1. The van der Waals surface area contributed by atoms with Crippen molar-refractivity contribution in [2.75, 3.05) is 32.1 Å². The molecule has 0 bridgehead atoms. The topological polar surface area (TPSA) is 67.8 Å². The van der Waals surface area contributed by atoms with Crippen LogP contribution in [0.15, 0.2) is 28.6 Å². The molecule has 148 valence electrons. The Hall–Kier alpha value is -2.28. The van der Waals surface area contributed by atoms with Gasteiger partial charge in [0, 0.05) is 35.9 Å². The predicted molar refractivity (Wildman–Crippen MR) is 114 cm³/mol. The number of unbranched alkanes of at least 4 members (excludes halogenated alkanes) is 1. The first-order chi connectivity index (χ1) is 13.2. The average molecular weight is 391 g/mol. The Morgan fingerprint density at radius 2 is 2.07 bits per heavy atom. The minimum Gasteiger partial charge on any atom is -0.493 e. The largest absolute Gasteiger partial charge is 0.493 e. The number of thiazole rings is 1. The summed E-state index contributed by atoms with van der Waals surface area (Å²) < 4.78 is 11.0. The number of ether oxygens (including phenoxy) is 2.